The Labute approximate surface area is 101 Å². The van der Waals surface area contributed by atoms with Gasteiger partial charge >= 0.3 is 0 Å². The summed E-state index contributed by atoms with van der Waals surface area (Å²) >= 11 is 0. The van der Waals surface area contributed by atoms with Crippen LogP contribution < -0.4 is 10.6 Å². The highest BCUT2D eigenvalue weighted by Gasteiger charge is 2.33. The first kappa shape index (κ1) is 11.4. The SMILES string of the molecule is Cl.O=C1NCC2CNCC2c2ccccc21. The Hall–Kier alpha value is -1.06. The van der Waals surface area contributed by atoms with Crippen molar-refractivity contribution in [1.29, 1.82) is 0 Å². The number of carbonyl (C=O) groups is 1. The summed E-state index contributed by atoms with van der Waals surface area (Å²) in [6.07, 6.45) is 0. The third-order valence-corrected chi connectivity index (χ3v) is 3.47. The smallest absolute Gasteiger partial charge is 0.251 e. The number of hydrogen-bond acceptors (Lipinski definition) is 2. The van der Waals surface area contributed by atoms with E-state index >= 15 is 0 Å². The monoisotopic (exact) mass is 238 g/mol. The van der Waals surface area contributed by atoms with Gasteiger partial charge in [0.25, 0.3) is 5.91 Å². The number of hydrogen-bond donors (Lipinski definition) is 2. The highest BCUT2D eigenvalue weighted by Crippen LogP contribution is 2.31. The van der Waals surface area contributed by atoms with Crippen LogP contribution in [-0.2, 0) is 0 Å². The Morgan fingerprint density at radius 2 is 1.94 bits per heavy atom. The number of benzene rings is 1. The summed E-state index contributed by atoms with van der Waals surface area (Å²) in [7, 11) is 0. The van der Waals surface area contributed by atoms with Gasteiger partial charge in [-0.1, -0.05) is 18.2 Å². The van der Waals surface area contributed by atoms with E-state index < -0.39 is 0 Å². The van der Waals surface area contributed by atoms with Crippen molar-refractivity contribution < 1.29 is 4.79 Å². The summed E-state index contributed by atoms with van der Waals surface area (Å²) in [6.45, 7) is 2.81. The molecular formula is C12H15ClN2O. The van der Waals surface area contributed by atoms with E-state index in [1.54, 1.807) is 0 Å². The van der Waals surface area contributed by atoms with Gasteiger partial charge in [0.05, 0.1) is 0 Å². The second kappa shape index (κ2) is 4.44. The maximum absolute atomic E-state index is 11.8. The average molecular weight is 239 g/mol. The molecule has 3 nitrogen and oxygen atoms in total. The van der Waals surface area contributed by atoms with Gasteiger partial charge in [-0.05, 0) is 17.5 Å². The predicted octanol–water partition coefficient (Wildman–Crippen LogP) is 1.15. The van der Waals surface area contributed by atoms with Crippen LogP contribution in [0.15, 0.2) is 24.3 Å². The van der Waals surface area contributed by atoms with Crippen molar-refractivity contribution in [2.75, 3.05) is 19.6 Å². The highest BCUT2D eigenvalue weighted by atomic mass is 35.5. The normalized spacial score (nSPS) is 27.1. The lowest BCUT2D eigenvalue weighted by molar-refractivity contribution is 0.0952. The zero-order valence-electron chi connectivity index (χ0n) is 8.90. The van der Waals surface area contributed by atoms with E-state index in [4.69, 9.17) is 0 Å². The van der Waals surface area contributed by atoms with E-state index in [-0.39, 0.29) is 18.3 Å². The molecule has 2 atom stereocenters. The van der Waals surface area contributed by atoms with Gasteiger partial charge in [-0.3, -0.25) is 4.79 Å². The van der Waals surface area contributed by atoms with Crippen LogP contribution in [0, 0.1) is 5.92 Å². The molecule has 2 unspecified atom stereocenters. The van der Waals surface area contributed by atoms with Crippen molar-refractivity contribution >= 4 is 18.3 Å². The Morgan fingerprint density at radius 1 is 1.12 bits per heavy atom. The van der Waals surface area contributed by atoms with Crippen LogP contribution in [0.2, 0.25) is 0 Å². The molecule has 1 fully saturated rings. The third-order valence-electron chi connectivity index (χ3n) is 3.47. The Balaban J connectivity index is 0.000000963. The van der Waals surface area contributed by atoms with E-state index in [9.17, 15) is 4.79 Å². The molecule has 86 valence electrons. The van der Waals surface area contributed by atoms with Gasteiger partial charge in [0.15, 0.2) is 0 Å². The largest absolute Gasteiger partial charge is 0.352 e. The van der Waals surface area contributed by atoms with E-state index in [1.807, 2.05) is 18.2 Å². The molecule has 16 heavy (non-hydrogen) atoms. The van der Waals surface area contributed by atoms with Gasteiger partial charge in [-0.15, -0.1) is 12.4 Å². The van der Waals surface area contributed by atoms with Crippen molar-refractivity contribution in [3.63, 3.8) is 0 Å². The van der Waals surface area contributed by atoms with Crippen LogP contribution in [0.4, 0.5) is 0 Å². The standard InChI is InChI=1S/C12H14N2O.ClH/c15-12-10-4-2-1-3-9(10)11-7-13-5-8(11)6-14-12;/h1-4,8,11,13H,5-7H2,(H,14,15);1H. The van der Waals surface area contributed by atoms with Crippen LogP contribution in [0.25, 0.3) is 0 Å². The average Bonchev–Trinajstić information content (AvgIpc) is 2.69. The van der Waals surface area contributed by atoms with Crippen LogP contribution in [-0.4, -0.2) is 25.5 Å². The van der Waals surface area contributed by atoms with Crippen molar-refractivity contribution in [2.24, 2.45) is 5.92 Å². The summed E-state index contributed by atoms with van der Waals surface area (Å²) in [6, 6.07) is 7.96. The van der Waals surface area contributed by atoms with Gasteiger partial charge in [0.1, 0.15) is 0 Å². The molecule has 3 rings (SSSR count). The molecule has 2 heterocycles. The molecule has 2 aliphatic rings. The molecule has 2 N–H and O–H groups in total. The molecule has 1 aromatic carbocycles. The molecule has 0 spiro atoms. The second-order valence-electron chi connectivity index (χ2n) is 4.32. The van der Waals surface area contributed by atoms with E-state index in [0.29, 0.717) is 11.8 Å². The summed E-state index contributed by atoms with van der Waals surface area (Å²) in [5, 5.41) is 6.39. The Bertz CT molecular complexity index is 408. The number of carbonyl (C=O) groups excluding carboxylic acids is 1. The quantitative estimate of drug-likeness (QED) is 0.712. The van der Waals surface area contributed by atoms with Crippen molar-refractivity contribution in [1.82, 2.24) is 10.6 Å². The van der Waals surface area contributed by atoms with Crippen molar-refractivity contribution in [3.05, 3.63) is 35.4 Å². The lowest BCUT2D eigenvalue weighted by Crippen LogP contribution is -2.28. The molecule has 2 aliphatic heterocycles. The Kier molecular flexibility index (Phi) is 3.17. The lowest BCUT2D eigenvalue weighted by atomic mass is 9.87. The molecule has 0 aliphatic carbocycles. The van der Waals surface area contributed by atoms with Crippen LogP contribution in [0.1, 0.15) is 21.8 Å². The highest BCUT2D eigenvalue weighted by molar-refractivity contribution is 5.96. The fourth-order valence-corrected chi connectivity index (χ4v) is 2.66. The minimum Gasteiger partial charge on any atom is -0.352 e. The summed E-state index contributed by atoms with van der Waals surface area (Å²) in [5.41, 5.74) is 2.07. The van der Waals surface area contributed by atoms with E-state index in [1.165, 1.54) is 5.56 Å². The molecule has 1 saturated heterocycles. The third kappa shape index (κ3) is 1.70. The summed E-state index contributed by atoms with van der Waals surface area (Å²) < 4.78 is 0. The maximum Gasteiger partial charge on any atom is 0.251 e. The topological polar surface area (TPSA) is 41.1 Å². The van der Waals surface area contributed by atoms with Crippen LogP contribution in [0.5, 0.6) is 0 Å². The van der Waals surface area contributed by atoms with Crippen LogP contribution >= 0.6 is 12.4 Å². The summed E-state index contributed by atoms with van der Waals surface area (Å²) in [4.78, 5) is 11.8. The lowest BCUT2D eigenvalue weighted by Gasteiger charge is -2.15. The van der Waals surface area contributed by atoms with Crippen LogP contribution in [0.3, 0.4) is 0 Å². The number of halogens is 1. The molecular weight excluding hydrogens is 224 g/mol. The van der Waals surface area contributed by atoms with E-state index in [2.05, 4.69) is 16.7 Å². The first-order valence-corrected chi connectivity index (χ1v) is 5.44. The Morgan fingerprint density at radius 3 is 2.81 bits per heavy atom. The minimum atomic E-state index is 0. The molecule has 4 heteroatoms. The van der Waals surface area contributed by atoms with Crippen molar-refractivity contribution in [3.8, 4) is 0 Å². The molecule has 1 aromatic rings. The number of amides is 1. The fraction of sp³-hybridized carbons (Fsp3) is 0.417. The first-order valence-electron chi connectivity index (χ1n) is 5.44. The minimum absolute atomic E-state index is 0. The molecule has 1 amide bonds. The molecule has 0 aromatic heterocycles. The zero-order chi connectivity index (χ0) is 10.3. The zero-order valence-corrected chi connectivity index (χ0v) is 9.72. The molecule has 0 radical (unpaired) electrons. The predicted molar refractivity (Wildman–Crippen MR) is 65.1 cm³/mol. The van der Waals surface area contributed by atoms with Gasteiger partial charge in [-0.2, -0.15) is 0 Å². The van der Waals surface area contributed by atoms with E-state index in [0.717, 1.165) is 25.2 Å². The number of rotatable bonds is 0. The molecule has 0 bridgehead atoms. The number of nitrogens with one attached hydrogen (secondary N) is 2. The number of fused-ring (bicyclic) bond motifs is 3. The van der Waals surface area contributed by atoms with Crippen molar-refractivity contribution in [2.45, 2.75) is 5.92 Å². The second-order valence-corrected chi connectivity index (χ2v) is 4.32. The first-order chi connectivity index (χ1) is 7.36. The van der Waals surface area contributed by atoms with Gasteiger partial charge in [-0.25, -0.2) is 0 Å². The van der Waals surface area contributed by atoms with Gasteiger partial charge in [0.2, 0.25) is 0 Å². The van der Waals surface area contributed by atoms with Gasteiger partial charge < -0.3 is 10.6 Å². The molecule has 0 saturated carbocycles. The van der Waals surface area contributed by atoms with Gasteiger partial charge in [0, 0.05) is 31.1 Å². The summed E-state index contributed by atoms with van der Waals surface area (Å²) in [5.74, 6) is 1.14. The maximum atomic E-state index is 11.8. The fourth-order valence-electron chi connectivity index (χ4n) is 2.66.